The molecule has 0 amide bonds. The molecule has 1 nitrogen and oxygen atoms in total. The lowest BCUT2D eigenvalue weighted by Gasteiger charge is -2.31. The molecule has 2 N–H and O–H groups in total. The molecule has 102 valence electrons. The normalized spacial score (nSPS) is 13.6. The average molecular weight is 247 g/mol. The first-order chi connectivity index (χ1) is 8.47. The summed E-state index contributed by atoms with van der Waals surface area (Å²) in [6, 6.07) is 9.05. The first-order valence-electron chi connectivity index (χ1n) is 7.31. The maximum atomic E-state index is 6.47. The Morgan fingerprint density at radius 1 is 0.944 bits per heavy atom. The average Bonchev–Trinajstić information content (AvgIpc) is 2.29. The van der Waals surface area contributed by atoms with Crippen LogP contribution in [0.2, 0.25) is 0 Å². The molecule has 0 bridgehead atoms. The smallest absolute Gasteiger partial charge is 0.0328 e. The molecule has 1 aromatic rings. The van der Waals surface area contributed by atoms with Crippen LogP contribution in [-0.2, 0) is 6.42 Å². The lowest BCUT2D eigenvalue weighted by Crippen LogP contribution is -2.29. The van der Waals surface area contributed by atoms with E-state index in [1.807, 2.05) is 0 Å². The van der Waals surface area contributed by atoms with Crippen molar-refractivity contribution in [2.24, 2.45) is 23.5 Å². The summed E-state index contributed by atoms with van der Waals surface area (Å²) in [4.78, 5) is 0. The number of benzene rings is 1. The lowest BCUT2D eigenvalue weighted by atomic mass is 9.77. The van der Waals surface area contributed by atoms with Crippen molar-refractivity contribution in [1.29, 1.82) is 0 Å². The van der Waals surface area contributed by atoms with Crippen molar-refractivity contribution >= 4 is 0 Å². The molecule has 1 atom stereocenters. The van der Waals surface area contributed by atoms with Gasteiger partial charge in [0.1, 0.15) is 0 Å². The summed E-state index contributed by atoms with van der Waals surface area (Å²) in [6.07, 6.45) is 2.36. The summed E-state index contributed by atoms with van der Waals surface area (Å²) < 4.78 is 0. The highest BCUT2D eigenvalue weighted by atomic mass is 14.7. The van der Waals surface area contributed by atoms with E-state index in [4.69, 9.17) is 5.73 Å². The largest absolute Gasteiger partial charge is 0.324 e. The van der Waals surface area contributed by atoms with Crippen molar-refractivity contribution in [2.45, 2.75) is 53.5 Å². The second-order valence-electron chi connectivity index (χ2n) is 6.08. The first-order valence-corrected chi connectivity index (χ1v) is 7.31. The molecule has 0 saturated heterocycles. The van der Waals surface area contributed by atoms with E-state index in [-0.39, 0.29) is 6.04 Å². The van der Waals surface area contributed by atoms with Gasteiger partial charge in [-0.15, -0.1) is 0 Å². The van der Waals surface area contributed by atoms with E-state index < -0.39 is 0 Å². The molecular weight excluding hydrogens is 218 g/mol. The molecule has 0 radical (unpaired) electrons. The van der Waals surface area contributed by atoms with Crippen LogP contribution >= 0.6 is 0 Å². The minimum atomic E-state index is 0.153. The Kier molecular flexibility index (Phi) is 5.87. The molecule has 1 aromatic carbocycles. The third-order valence-electron chi connectivity index (χ3n) is 3.86. The van der Waals surface area contributed by atoms with Gasteiger partial charge in [-0.2, -0.15) is 0 Å². The van der Waals surface area contributed by atoms with Gasteiger partial charge in [-0.3, -0.25) is 0 Å². The summed E-state index contributed by atoms with van der Waals surface area (Å²) in [7, 11) is 0. The van der Waals surface area contributed by atoms with Crippen LogP contribution in [0, 0.1) is 17.8 Å². The number of rotatable bonds is 6. The Morgan fingerprint density at radius 3 is 1.83 bits per heavy atom. The fourth-order valence-corrected chi connectivity index (χ4v) is 3.02. The summed E-state index contributed by atoms with van der Waals surface area (Å²) in [5.41, 5.74) is 9.16. The lowest BCUT2D eigenvalue weighted by molar-refractivity contribution is 0.240. The molecule has 0 heterocycles. The molecule has 1 unspecified atom stereocenters. The van der Waals surface area contributed by atoms with E-state index in [2.05, 4.69) is 58.9 Å². The molecule has 0 aromatic heterocycles. The van der Waals surface area contributed by atoms with Gasteiger partial charge in [-0.1, -0.05) is 65.3 Å². The van der Waals surface area contributed by atoms with Gasteiger partial charge in [-0.05, 0) is 35.3 Å². The Labute approximate surface area is 113 Å². The predicted octanol–water partition coefficient (Wildman–Crippen LogP) is 4.57. The quantitative estimate of drug-likeness (QED) is 0.783. The minimum absolute atomic E-state index is 0.153. The summed E-state index contributed by atoms with van der Waals surface area (Å²) in [5, 5.41) is 0. The molecule has 0 aliphatic heterocycles. The van der Waals surface area contributed by atoms with Crippen LogP contribution in [0.4, 0.5) is 0 Å². The van der Waals surface area contributed by atoms with Crippen LogP contribution in [0.3, 0.4) is 0 Å². The van der Waals surface area contributed by atoms with Gasteiger partial charge < -0.3 is 5.73 Å². The van der Waals surface area contributed by atoms with E-state index in [0.717, 1.165) is 6.42 Å². The molecule has 0 spiro atoms. The van der Waals surface area contributed by atoms with Crippen LogP contribution in [0.25, 0.3) is 0 Å². The minimum Gasteiger partial charge on any atom is -0.324 e. The van der Waals surface area contributed by atoms with Crippen molar-refractivity contribution in [2.75, 3.05) is 0 Å². The molecular formula is C17H29N. The van der Waals surface area contributed by atoms with Crippen LogP contribution in [0.15, 0.2) is 24.3 Å². The number of hydrogen-bond acceptors (Lipinski definition) is 1. The number of nitrogens with two attached hydrogens (primary N) is 1. The third-order valence-corrected chi connectivity index (χ3v) is 3.86. The Hall–Kier alpha value is -0.820. The Morgan fingerprint density at radius 2 is 1.44 bits per heavy atom. The fourth-order valence-electron chi connectivity index (χ4n) is 3.02. The Bertz CT molecular complexity index is 329. The summed E-state index contributed by atoms with van der Waals surface area (Å²) >= 11 is 0. The molecule has 0 aliphatic carbocycles. The summed E-state index contributed by atoms with van der Waals surface area (Å²) in [6.45, 7) is 11.3. The van der Waals surface area contributed by atoms with Crippen LogP contribution in [0.5, 0.6) is 0 Å². The van der Waals surface area contributed by atoms with Crippen molar-refractivity contribution in [3.63, 3.8) is 0 Å². The molecule has 0 saturated carbocycles. The van der Waals surface area contributed by atoms with Crippen LogP contribution < -0.4 is 5.73 Å². The monoisotopic (exact) mass is 247 g/mol. The fraction of sp³-hybridized carbons (Fsp3) is 0.647. The highest BCUT2D eigenvalue weighted by Gasteiger charge is 2.25. The van der Waals surface area contributed by atoms with E-state index in [1.54, 1.807) is 0 Å². The zero-order valence-electron chi connectivity index (χ0n) is 12.6. The highest BCUT2D eigenvalue weighted by molar-refractivity contribution is 5.25. The maximum Gasteiger partial charge on any atom is 0.0328 e. The van der Waals surface area contributed by atoms with Gasteiger partial charge in [0.2, 0.25) is 0 Å². The van der Waals surface area contributed by atoms with E-state index >= 15 is 0 Å². The van der Waals surface area contributed by atoms with Gasteiger partial charge >= 0.3 is 0 Å². The van der Waals surface area contributed by atoms with Gasteiger partial charge in [0, 0.05) is 6.04 Å². The molecule has 1 rings (SSSR count). The van der Waals surface area contributed by atoms with Gasteiger partial charge in [0.15, 0.2) is 0 Å². The van der Waals surface area contributed by atoms with Crippen LogP contribution in [-0.4, -0.2) is 0 Å². The first kappa shape index (κ1) is 15.2. The molecule has 18 heavy (non-hydrogen) atoms. The molecule has 1 heteroatoms. The number of aryl methyl sites for hydroxylation is 1. The molecule has 0 aliphatic rings. The standard InChI is InChI=1S/C17H29N/c1-6-7-14-8-10-15(11-9-14)17(18)16(12(2)3)13(4)5/h8-13,16-17H,6-7,18H2,1-5H3. The van der Waals surface area contributed by atoms with Gasteiger partial charge in [0.05, 0.1) is 0 Å². The zero-order valence-corrected chi connectivity index (χ0v) is 12.6. The maximum absolute atomic E-state index is 6.47. The summed E-state index contributed by atoms with van der Waals surface area (Å²) in [5.74, 6) is 1.78. The van der Waals surface area contributed by atoms with Crippen molar-refractivity contribution < 1.29 is 0 Å². The van der Waals surface area contributed by atoms with E-state index in [1.165, 1.54) is 17.5 Å². The van der Waals surface area contributed by atoms with Gasteiger partial charge in [-0.25, -0.2) is 0 Å². The SMILES string of the molecule is CCCc1ccc(C(N)C(C(C)C)C(C)C)cc1. The van der Waals surface area contributed by atoms with Crippen molar-refractivity contribution in [3.8, 4) is 0 Å². The predicted molar refractivity (Wildman–Crippen MR) is 80.5 cm³/mol. The van der Waals surface area contributed by atoms with Gasteiger partial charge in [0.25, 0.3) is 0 Å². The highest BCUT2D eigenvalue weighted by Crippen LogP contribution is 2.32. The van der Waals surface area contributed by atoms with Crippen LogP contribution in [0.1, 0.15) is 58.2 Å². The zero-order chi connectivity index (χ0) is 13.7. The molecule has 0 fully saturated rings. The van der Waals surface area contributed by atoms with E-state index in [9.17, 15) is 0 Å². The second-order valence-corrected chi connectivity index (χ2v) is 6.08. The number of hydrogen-bond donors (Lipinski definition) is 1. The van der Waals surface area contributed by atoms with E-state index in [0.29, 0.717) is 17.8 Å². The second kappa shape index (κ2) is 6.94. The topological polar surface area (TPSA) is 26.0 Å². The van der Waals surface area contributed by atoms with Crippen molar-refractivity contribution in [3.05, 3.63) is 35.4 Å². The third kappa shape index (κ3) is 3.84. The Balaban J connectivity index is 2.84. The van der Waals surface area contributed by atoms with Crippen molar-refractivity contribution in [1.82, 2.24) is 0 Å².